The molecule has 0 bridgehead atoms. The molecule has 1 aromatic heterocycles. The minimum Gasteiger partial charge on any atom is -0.392 e. The fraction of sp³-hybridized carbons (Fsp3) is 0.333. The molecule has 0 amide bonds. The molecule has 0 radical (unpaired) electrons. The van der Waals surface area contributed by atoms with E-state index in [-0.39, 0.29) is 23.1 Å². The van der Waals surface area contributed by atoms with Crippen LogP contribution in [-0.4, -0.2) is 30.2 Å². The van der Waals surface area contributed by atoms with E-state index in [9.17, 15) is 8.42 Å². The highest BCUT2D eigenvalue weighted by Crippen LogP contribution is 2.20. The number of rotatable bonds is 6. The monoisotopic (exact) mass is 331 g/mol. The quantitative estimate of drug-likeness (QED) is 0.819. The van der Waals surface area contributed by atoms with E-state index >= 15 is 0 Å². The van der Waals surface area contributed by atoms with Gasteiger partial charge >= 0.3 is 0 Å². The minimum atomic E-state index is -3.68. The molecule has 0 aliphatic rings. The number of aliphatic hydroxyl groups is 1. The summed E-state index contributed by atoms with van der Waals surface area (Å²) in [6.07, 6.45) is 0.294. The third kappa shape index (κ3) is 4.01. The van der Waals surface area contributed by atoms with Gasteiger partial charge in [0, 0.05) is 18.0 Å². The van der Waals surface area contributed by atoms with Gasteiger partial charge in [-0.15, -0.1) is 0 Å². The predicted molar refractivity (Wildman–Crippen MR) is 75.3 cm³/mol. The zero-order valence-electron chi connectivity index (χ0n) is 11.2. The number of nitrogens with zero attached hydrogens (tertiary/aromatic N) is 2. The van der Waals surface area contributed by atoms with Gasteiger partial charge in [0.05, 0.1) is 11.5 Å². The van der Waals surface area contributed by atoms with Crippen LogP contribution in [0.1, 0.15) is 17.3 Å². The molecule has 0 spiro atoms. The smallest absolute Gasteiger partial charge is 0.240 e. The van der Waals surface area contributed by atoms with Crippen LogP contribution >= 0.6 is 11.6 Å². The summed E-state index contributed by atoms with van der Waals surface area (Å²) < 4.78 is 31.5. The molecule has 0 saturated heterocycles. The van der Waals surface area contributed by atoms with E-state index in [2.05, 4.69) is 14.9 Å². The van der Waals surface area contributed by atoms with E-state index in [0.29, 0.717) is 23.7 Å². The summed E-state index contributed by atoms with van der Waals surface area (Å²) in [5.41, 5.74) is 0.469. The van der Waals surface area contributed by atoms with Crippen LogP contribution in [0.2, 0.25) is 5.02 Å². The molecule has 2 rings (SSSR count). The summed E-state index contributed by atoms with van der Waals surface area (Å²) in [5.74, 6) is 0.864. The van der Waals surface area contributed by atoms with Gasteiger partial charge in [-0.05, 0) is 24.6 Å². The molecule has 0 aliphatic heterocycles. The van der Waals surface area contributed by atoms with E-state index in [1.165, 1.54) is 18.2 Å². The molecule has 0 fully saturated rings. The normalized spacial score (nSPS) is 11.8. The highest BCUT2D eigenvalue weighted by Gasteiger charge is 2.15. The van der Waals surface area contributed by atoms with Crippen molar-refractivity contribution >= 4 is 21.6 Å². The fourth-order valence-electron chi connectivity index (χ4n) is 1.64. The number of sulfonamides is 1. The largest absolute Gasteiger partial charge is 0.392 e. The van der Waals surface area contributed by atoms with Crippen LogP contribution in [0, 0.1) is 6.92 Å². The molecule has 0 unspecified atom stereocenters. The van der Waals surface area contributed by atoms with Gasteiger partial charge in [-0.3, -0.25) is 0 Å². The molecule has 7 nitrogen and oxygen atoms in total. The van der Waals surface area contributed by atoms with Gasteiger partial charge in [-0.1, -0.05) is 22.8 Å². The lowest BCUT2D eigenvalue weighted by atomic mass is 10.2. The molecule has 0 saturated carbocycles. The average Bonchev–Trinajstić information content (AvgIpc) is 2.84. The second-order valence-electron chi connectivity index (χ2n) is 4.29. The van der Waals surface area contributed by atoms with Crippen molar-refractivity contribution in [3.8, 4) is 0 Å². The molecule has 9 heteroatoms. The van der Waals surface area contributed by atoms with Crippen LogP contribution in [0.4, 0.5) is 0 Å². The van der Waals surface area contributed by atoms with Gasteiger partial charge in [0.25, 0.3) is 0 Å². The van der Waals surface area contributed by atoms with Gasteiger partial charge in [-0.25, -0.2) is 13.1 Å². The molecule has 0 aliphatic carbocycles. The number of hydrogen-bond donors (Lipinski definition) is 2. The summed E-state index contributed by atoms with van der Waals surface area (Å²) in [7, 11) is -3.68. The zero-order valence-corrected chi connectivity index (χ0v) is 12.8. The lowest BCUT2D eigenvalue weighted by Crippen LogP contribution is -2.26. The van der Waals surface area contributed by atoms with Crippen molar-refractivity contribution in [2.24, 2.45) is 0 Å². The topological polar surface area (TPSA) is 105 Å². The molecule has 114 valence electrons. The Kier molecular flexibility index (Phi) is 4.94. The Morgan fingerprint density at radius 3 is 2.76 bits per heavy atom. The Balaban J connectivity index is 2.02. The zero-order chi connectivity index (χ0) is 15.5. The van der Waals surface area contributed by atoms with Gasteiger partial charge < -0.3 is 9.63 Å². The lowest BCUT2D eigenvalue weighted by Gasteiger charge is -2.07. The van der Waals surface area contributed by atoms with Crippen LogP contribution in [0.15, 0.2) is 27.6 Å². The van der Waals surface area contributed by atoms with Crippen LogP contribution in [0.5, 0.6) is 0 Å². The van der Waals surface area contributed by atoms with Crippen LogP contribution in [-0.2, 0) is 23.1 Å². The number of aromatic nitrogens is 2. The van der Waals surface area contributed by atoms with Crippen LogP contribution in [0.3, 0.4) is 0 Å². The summed E-state index contributed by atoms with van der Waals surface area (Å²) in [5, 5.41) is 12.8. The first kappa shape index (κ1) is 15.9. The first-order valence-corrected chi connectivity index (χ1v) is 7.96. The molecule has 1 heterocycles. The Morgan fingerprint density at radius 2 is 2.19 bits per heavy atom. The molecule has 0 atom stereocenters. The van der Waals surface area contributed by atoms with Crippen molar-refractivity contribution in [1.82, 2.24) is 14.9 Å². The van der Waals surface area contributed by atoms with Crippen molar-refractivity contribution in [2.75, 3.05) is 6.54 Å². The van der Waals surface area contributed by atoms with Crippen LogP contribution in [0.25, 0.3) is 0 Å². The third-order valence-electron chi connectivity index (χ3n) is 2.71. The first-order valence-electron chi connectivity index (χ1n) is 6.10. The Bertz CT molecular complexity index is 730. The van der Waals surface area contributed by atoms with Crippen molar-refractivity contribution in [3.63, 3.8) is 0 Å². The van der Waals surface area contributed by atoms with E-state index in [0.717, 1.165) is 0 Å². The first-order chi connectivity index (χ1) is 9.92. The highest BCUT2D eigenvalue weighted by atomic mass is 35.5. The molecule has 1 aromatic carbocycles. The predicted octanol–water partition coefficient (Wildman–Crippen LogP) is 1.04. The average molecular weight is 332 g/mol. The van der Waals surface area contributed by atoms with Gasteiger partial charge in [0.1, 0.15) is 0 Å². The van der Waals surface area contributed by atoms with Crippen LogP contribution < -0.4 is 4.72 Å². The highest BCUT2D eigenvalue weighted by molar-refractivity contribution is 7.89. The Morgan fingerprint density at radius 1 is 1.43 bits per heavy atom. The van der Waals surface area contributed by atoms with Gasteiger partial charge in [-0.2, -0.15) is 4.98 Å². The Hall–Kier alpha value is -1.48. The minimum absolute atomic E-state index is 0.0337. The maximum atomic E-state index is 12.1. The SMILES string of the molecule is Cc1noc(CCNS(=O)(=O)c2ccc(CO)c(Cl)c2)n1. The number of aryl methyl sites for hydroxylation is 1. The summed E-state index contributed by atoms with van der Waals surface area (Å²) in [4.78, 5) is 4.01. The number of aliphatic hydroxyl groups excluding tert-OH is 1. The van der Waals surface area contributed by atoms with Gasteiger partial charge in [0.15, 0.2) is 5.82 Å². The van der Waals surface area contributed by atoms with E-state index in [1.807, 2.05) is 0 Å². The number of halogens is 1. The summed E-state index contributed by atoms with van der Waals surface area (Å²) in [6, 6.07) is 4.15. The lowest BCUT2D eigenvalue weighted by molar-refractivity contribution is 0.282. The van der Waals surface area contributed by atoms with Crippen molar-refractivity contribution in [1.29, 1.82) is 0 Å². The molecular weight excluding hydrogens is 318 g/mol. The number of nitrogens with one attached hydrogen (secondary N) is 1. The van der Waals surface area contributed by atoms with E-state index in [4.69, 9.17) is 21.2 Å². The fourth-order valence-corrected chi connectivity index (χ4v) is 3.00. The summed E-state index contributed by atoms with van der Waals surface area (Å²) in [6.45, 7) is 1.56. The molecule has 2 aromatic rings. The van der Waals surface area contributed by atoms with Crippen molar-refractivity contribution in [2.45, 2.75) is 24.8 Å². The maximum absolute atomic E-state index is 12.1. The van der Waals surface area contributed by atoms with E-state index < -0.39 is 10.0 Å². The van der Waals surface area contributed by atoms with Gasteiger partial charge in [0.2, 0.25) is 15.9 Å². The summed E-state index contributed by atoms with van der Waals surface area (Å²) >= 11 is 5.88. The van der Waals surface area contributed by atoms with Crippen molar-refractivity contribution in [3.05, 3.63) is 40.5 Å². The van der Waals surface area contributed by atoms with E-state index in [1.54, 1.807) is 6.92 Å². The third-order valence-corrected chi connectivity index (χ3v) is 4.52. The standard InChI is InChI=1S/C12H14ClN3O4S/c1-8-15-12(20-16-8)4-5-14-21(18,19)10-3-2-9(7-17)11(13)6-10/h2-3,6,14,17H,4-5,7H2,1H3. The Labute approximate surface area is 127 Å². The second kappa shape index (κ2) is 6.52. The number of hydrogen-bond acceptors (Lipinski definition) is 6. The molecule has 2 N–H and O–H groups in total. The molecular formula is C12H14ClN3O4S. The second-order valence-corrected chi connectivity index (χ2v) is 6.47. The molecule has 21 heavy (non-hydrogen) atoms. The number of benzene rings is 1. The maximum Gasteiger partial charge on any atom is 0.240 e. The van der Waals surface area contributed by atoms with Crippen molar-refractivity contribution < 1.29 is 18.0 Å².